The van der Waals surface area contributed by atoms with Crippen molar-refractivity contribution in [3.8, 4) is 0 Å². The number of urea groups is 1. The van der Waals surface area contributed by atoms with Crippen LogP contribution in [0.5, 0.6) is 0 Å². The number of carbonyl (C=O) groups excluding carboxylic acids is 2. The van der Waals surface area contributed by atoms with Gasteiger partial charge in [-0.25, -0.2) is 9.59 Å². The summed E-state index contributed by atoms with van der Waals surface area (Å²) < 4.78 is 0. The fourth-order valence-electron chi connectivity index (χ4n) is 3.95. The van der Waals surface area contributed by atoms with Crippen molar-refractivity contribution in [2.24, 2.45) is 17.6 Å². The van der Waals surface area contributed by atoms with Gasteiger partial charge in [-0.15, -0.1) is 0 Å². The molecule has 1 aliphatic carbocycles. The highest BCUT2D eigenvalue weighted by Gasteiger charge is 2.49. The Balaban J connectivity index is 1.73. The number of rotatable bonds is 4. The van der Waals surface area contributed by atoms with Gasteiger partial charge in [0.2, 0.25) is 0 Å². The maximum absolute atomic E-state index is 12.7. The summed E-state index contributed by atoms with van der Waals surface area (Å²) >= 11 is 0. The molecule has 1 saturated heterocycles. The summed E-state index contributed by atoms with van der Waals surface area (Å²) in [5.74, 6) is -0.786. The van der Waals surface area contributed by atoms with Crippen LogP contribution in [0, 0.1) is 11.8 Å². The van der Waals surface area contributed by atoms with E-state index in [1.165, 1.54) is 4.90 Å². The summed E-state index contributed by atoms with van der Waals surface area (Å²) in [7, 11) is 0. The van der Waals surface area contributed by atoms with E-state index >= 15 is 0 Å². The Kier molecular flexibility index (Phi) is 4.42. The Hall–Kier alpha value is -2.57. The lowest BCUT2D eigenvalue weighted by molar-refractivity contribution is -0.142. The first-order valence-electron chi connectivity index (χ1n) is 8.13. The molecule has 2 aliphatic rings. The monoisotopic (exact) mass is 331 g/mol. The molecule has 4 N–H and O–H groups in total. The van der Waals surface area contributed by atoms with Gasteiger partial charge in [-0.2, -0.15) is 0 Å². The maximum Gasteiger partial charge on any atom is 0.326 e. The summed E-state index contributed by atoms with van der Waals surface area (Å²) in [5.41, 5.74) is 6.30. The van der Waals surface area contributed by atoms with Crippen LogP contribution < -0.4 is 11.1 Å². The van der Waals surface area contributed by atoms with Crippen LogP contribution in [0.15, 0.2) is 24.3 Å². The zero-order valence-electron chi connectivity index (χ0n) is 13.3. The van der Waals surface area contributed by atoms with Gasteiger partial charge in [-0.3, -0.25) is 4.79 Å². The molecule has 3 unspecified atom stereocenters. The molecular formula is C17H21N3O4. The summed E-state index contributed by atoms with van der Waals surface area (Å²) in [6.07, 6.45) is 2.92. The predicted octanol–water partition coefficient (Wildman–Crippen LogP) is 1.18. The third kappa shape index (κ3) is 3.06. The lowest BCUT2D eigenvalue weighted by Crippen LogP contribution is -2.43. The number of carboxylic acid groups (broad SMARTS) is 1. The van der Waals surface area contributed by atoms with E-state index in [1.54, 1.807) is 24.3 Å². The minimum Gasteiger partial charge on any atom is -0.480 e. The number of amides is 3. The predicted molar refractivity (Wildman–Crippen MR) is 86.2 cm³/mol. The third-order valence-corrected chi connectivity index (χ3v) is 5.07. The number of fused-ring (bicyclic) bond motifs is 1. The van der Waals surface area contributed by atoms with E-state index in [0.717, 1.165) is 24.8 Å². The highest BCUT2D eigenvalue weighted by molar-refractivity contribution is 5.97. The first-order valence-corrected chi connectivity index (χ1v) is 8.13. The van der Waals surface area contributed by atoms with Crippen molar-refractivity contribution in [2.45, 2.75) is 31.8 Å². The van der Waals surface area contributed by atoms with Crippen LogP contribution in [-0.2, 0) is 11.3 Å². The molecule has 128 valence electrons. The minimum atomic E-state index is -0.917. The molecule has 1 aromatic rings. The zero-order valence-corrected chi connectivity index (χ0v) is 13.3. The Bertz CT molecular complexity index is 658. The van der Waals surface area contributed by atoms with Gasteiger partial charge in [0.15, 0.2) is 0 Å². The Morgan fingerprint density at radius 3 is 2.54 bits per heavy atom. The van der Waals surface area contributed by atoms with Crippen LogP contribution >= 0.6 is 0 Å². The lowest BCUT2D eigenvalue weighted by atomic mass is 9.94. The molecule has 7 heteroatoms. The number of primary amides is 1. The minimum absolute atomic E-state index is 0.0745. The molecular weight excluding hydrogens is 310 g/mol. The molecule has 0 radical (unpaired) electrons. The van der Waals surface area contributed by atoms with Crippen LogP contribution in [0.1, 0.15) is 35.2 Å². The van der Waals surface area contributed by atoms with Gasteiger partial charge in [-0.1, -0.05) is 18.6 Å². The molecule has 24 heavy (non-hydrogen) atoms. The van der Waals surface area contributed by atoms with Crippen molar-refractivity contribution in [2.75, 3.05) is 6.54 Å². The van der Waals surface area contributed by atoms with E-state index in [-0.39, 0.29) is 18.4 Å². The Labute approximate surface area is 139 Å². The molecule has 3 atom stereocenters. The second-order valence-electron chi connectivity index (χ2n) is 6.51. The number of likely N-dealkylation sites (tertiary alicyclic amines) is 1. The van der Waals surface area contributed by atoms with Gasteiger partial charge in [0, 0.05) is 18.7 Å². The number of hydrogen-bond acceptors (Lipinski definition) is 3. The summed E-state index contributed by atoms with van der Waals surface area (Å²) in [6, 6.07) is 5.45. The summed E-state index contributed by atoms with van der Waals surface area (Å²) in [6.45, 7) is 0.806. The SMILES string of the molecule is NC(=O)NCc1ccc(C(=O)N2CC3CCCC3C2C(=O)O)cc1. The van der Waals surface area contributed by atoms with E-state index in [4.69, 9.17) is 5.73 Å². The molecule has 1 aromatic carbocycles. The van der Waals surface area contributed by atoms with Gasteiger partial charge in [0.05, 0.1) is 0 Å². The van der Waals surface area contributed by atoms with Crippen LogP contribution in [0.4, 0.5) is 4.79 Å². The van der Waals surface area contributed by atoms with E-state index in [1.807, 2.05) is 0 Å². The number of benzene rings is 1. The number of nitrogens with two attached hydrogens (primary N) is 1. The Morgan fingerprint density at radius 2 is 1.92 bits per heavy atom. The fraction of sp³-hybridized carbons (Fsp3) is 0.471. The first kappa shape index (κ1) is 16.3. The second-order valence-corrected chi connectivity index (χ2v) is 6.51. The van der Waals surface area contributed by atoms with E-state index in [2.05, 4.69) is 5.32 Å². The molecule has 0 spiro atoms. The molecule has 1 saturated carbocycles. The average Bonchev–Trinajstić information content (AvgIpc) is 3.12. The third-order valence-electron chi connectivity index (χ3n) is 5.07. The summed E-state index contributed by atoms with van der Waals surface area (Å²) in [5, 5.41) is 12.0. The standard InChI is InChI=1S/C17H21N3O4/c18-17(24)19-8-10-4-6-11(7-5-10)15(21)20-9-12-2-1-3-13(12)14(20)16(22)23/h4-7,12-14H,1-3,8-9H2,(H,22,23)(H3,18,19,24). The van der Waals surface area contributed by atoms with Crippen LogP contribution in [0.3, 0.4) is 0 Å². The highest BCUT2D eigenvalue weighted by atomic mass is 16.4. The number of nitrogens with one attached hydrogen (secondary N) is 1. The van der Waals surface area contributed by atoms with Crippen molar-refractivity contribution in [1.82, 2.24) is 10.2 Å². The van der Waals surface area contributed by atoms with E-state index in [0.29, 0.717) is 18.0 Å². The van der Waals surface area contributed by atoms with Gasteiger partial charge >= 0.3 is 12.0 Å². The van der Waals surface area contributed by atoms with Crippen molar-refractivity contribution in [1.29, 1.82) is 0 Å². The van der Waals surface area contributed by atoms with E-state index < -0.39 is 18.0 Å². The van der Waals surface area contributed by atoms with Gasteiger partial charge in [0.1, 0.15) is 6.04 Å². The topological polar surface area (TPSA) is 113 Å². The molecule has 0 aromatic heterocycles. The van der Waals surface area contributed by atoms with Crippen molar-refractivity contribution in [3.05, 3.63) is 35.4 Å². The number of carboxylic acids is 1. The fourth-order valence-corrected chi connectivity index (χ4v) is 3.95. The normalized spacial score (nSPS) is 25.3. The van der Waals surface area contributed by atoms with Gasteiger partial charge in [-0.05, 0) is 42.4 Å². The van der Waals surface area contributed by atoms with Crippen LogP contribution in [0.25, 0.3) is 0 Å². The smallest absolute Gasteiger partial charge is 0.326 e. The molecule has 1 heterocycles. The van der Waals surface area contributed by atoms with E-state index in [9.17, 15) is 19.5 Å². The quantitative estimate of drug-likeness (QED) is 0.769. The van der Waals surface area contributed by atoms with Crippen LogP contribution in [-0.4, -0.2) is 40.5 Å². The van der Waals surface area contributed by atoms with Gasteiger partial charge < -0.3 is 21.1 Å². The Morgan fingerprint density at radius 1 is 1.21 bits per heavy atom. The molecule has 3 amide bonds. The molecule has 2 fully saturated rings. The molecule has 7 nitrogen and oxygen atoms in total. The molecule has 1 aliphatic heterocycles. The number of carbonyl (C=O) groups is 3. The van der Waals surface area contributed by atoms with Crippen molar-refractivity contribution in [3.63, 3.8) is 0 Å². The highest BCUT2D eigenvalue weighted by Crippen LogP contribution is 2.42. The lowest BCUT2D eigenvalue weighted by Gasteiger charge is -2.24. The first-order chi connectivity index (χ1) is 11.5. The molecule has 3 rings (SSSR count). The molecule has 0 bridgehead atoms. The number of nitrogens with zero attached hydrogens (tertiary/aromatic N) is 1. The number of hydrogen-bond donors (Lipinski definition) is 3. The van der Waals surface area contributed by atoms with Gasteiger partial charge in [0.25, 0.3) is 5.91 Å². The van der Waals surface area contributed by atoms with Crippen molar-refractivity contribution >= 4 is 17.9 Å². The largest absolute Gasteiger partial charge is 0.480 e. The van der Waals surface area contributed by atoms with Crippen molar-refractivity contribution < 1.29 is 19.5 Å². The average molecular weight is 331 g/mol. The zero-order chi connectivity index (χ0) is 17.3. The summed E-state index contributed by atoms with van der Waals surface area (Å²) in [4.78, 5) is 36.6. The number of aliphatic carboxylic acids is 1. The maximum atomic E-state index is 12.7. The van der Waals surface area contributed by atoms with Crippen LogP contribution in [0.2, 0.25) is 0 Å². The second kappa shape index (κ2) is 6.51.